The van der Waals surface area contributed by atoms with E-state index in [1.54, 1.807) is 13.3 Å². The fourth-order valence-electron chi connectivity index (χ4n) is 5.17. The van der Waals surface area contributed by atoms with Crippen molar-refractivity contribution in [3.63, 3.8) is 0 Å². The molecule has 1 aromatic heterocycles. The molecule has 0 aliphatic carbocycles. The van der Waals surface area contributed by atoms with Crippen LogP contribution in [0.5, 0.6) is 5.75 Å². The molecule has 0 spiro atoms. The zero-order valence-corrected chi connectivity index (χ0v) is 22.5. The standard InChI is InChI=1S/C30H34F3N3O3/c1-35(2)26-18-34-25-7-6-22(39-3)17-23(25)28(26)27(38)8-9-30(19-37)10-13-36(14-11-30)12-4-5-20-15-21(31)16-24(32)29(20)33/h6-7,15-18,27,37-38H,8-14,19H2,1-3H3/t27-/m1/s1. The largest absolute Gasteiger partial charge is 0.497 e. The first kappa shape index (κ1) is 28.7. The average Bonchev–Trinajstić information content (AvgIpc) is 2.94. The second-order valence-electron chi connectivity index (χ2n) is 10.4. The van der Waals surface area contributed by atoms with E-state index < -0.39 is 23.6 Å². The lowest BCUT2D eigenvalue weighted by Crippen LogP contribution is -2.42. The zero-order valence-electron chi connectivity index (χ0n) is 22.5. The van der Waals surface area contributed by atoms with Crippen molar-refractivity contribution >= 4 is 16.6 Å². The number of hydrogen-bond donors (Lipinski definition) is 2. The molecule has 2 heterocycles. The summed E-state index contributed by atoms with van der Waals surface area (Å²) in [5.74, 6) is 2.73. The van der Waals surface area contributed by atoms with Crippen LogP contribution in [-0.4, -0.2) is 67.5 Å². The van der Waals surface area contributed by atoms with Crippen LogP contribution in [0, 0.1) is 34.7 Å². The van der Waals surface area contributed by atoms with Gasteiger partial charge in [0.15, 0.2) is 11.6 Å². The van der Waals surface area contributed by atoms with Gasteiger partial charge in [-0.1, -0.05) is 11.8 Å². The molecular weight excluding hydrogens is 507 g/mol. The lowest BCUT2D eigenvalue weighted by atomic mass is 9.74. The van der Waals surface area contributed by atoms with Gasteiger partial charge in [-0.3, -0.25) is 9.88 Å². The van der Waals surface area contributed by atoms with Gasteiger partial charge in [-0.25, -0.2) is 13.2 Å². The maximum absolute atomic E-state index is 13.8. The molecular formula is C30H34F3N3O3. The number of pyridine rings is 1. The Labute approximate surface area is 227 Å². The van der Waals surface area contributed by atoms with Gasteiger partial charge in [0.25, 0.3) is 0 Å². The number of anilines is 1. The van der Waals surface area contributed by atoms with Crippen molar-refractivity contribution in [3.8, 4) is 17.6 Å². The highest BCUT2D eigenvalue weighted by Gasteiger charge is 2.34. The minimum absolute atomic E-state index is 0.00152. The van der Waals surface area contributed by atoms with E-state index in [0.717, 1.165) is 28.2 Å². The van der Waals surface area contributed by atoms with Gasteiger partial charge in [0.05, 0.1) is 42.7 Å². The number of aliphatic hydroxyl groups excluding tert-OH is 2. The van der Waals surface area contributed by atoms with Crippen LogP contribution < -0.4 is 9.64 Å². The number of rotatable bonds is 8. The van der Waals surface area contributed by atoms with Gasteiger partial charge in [-0.2, -0.15) is 0 Å². The highest BCUT2D eigenvalue weighted by Crippen LogP contribution is 2.41. The highest BCUT2D eigenvalue weighted by atomic mass is 19.2. The van der Waals surface area contributed by atoms with Crippen LogP contribution >= 0.6 is 0 Å². The van der Waals surface area contributed by atoms with E-state index in [2.05, 4.69) is 21.7 Å². The van der Waals surface area contributed by atoms with E-state index in [9.17, 15) is 23.4 Å². The number of methoxy groups -OCH3 is 1. The van der Waals surface area contributed by atoms with E-state index in [0.29, 0.717) is 57.1 Å². The number of fused-ring (bicyclic) bond motifs is 1. The van der Waals surface area contributed by atoms with Crippen LogP contribution in [-0.2, 0) is 0 Å². The molecule has 208 valence electrons. The number of hydrogen-bond acceptors (Lipinski definition) is 6. The molecule has 0 bridgehead atoms. The third-order valence-electron chi connectivity index (χ3n) is 7.63. The molecule has 1 fully saturated rings. The van der Waals surface area contributed by atoms with Crippen molar-refractivity contribution in [2.75, 3.05) is 52.3 Å². The van der Waals surface area contributed by atoms with Crippen molar-refractivity contribution < 1.29 is 28.1 Å². The van der Waals surface area contributed by atoms with Crippen LogP contribution in [0.25, 0.3) is 10.9 Å². The number of benzene rings is 2. The van der Waals surface area contributed by atoms with Gasteiger partial charge in [-0.05, 0) is 68.5 Å². The minimum atomic E-state index is -1.26. The fraction of sp³-hybridized carbons (Fsp3) is 0.433. The van der Waals surface area contributed by atoms with Crippen LogP contribution in [0.4, 0.5) is 18.9 Å². The first-order valence-corrected chi connectivity index (χ1v) is 12.9. The summed E-state index contributed by atoms with van der Waals surface area (Å²) in [5, 5.41) is 22.6. The lowest BCUT2D eigenvalue weighted by Gasteiger charge is -2.40. The van der Waals surface area contributed by atoms with Gasteiger partial charge in [-0.15, -0.1) is 0 Å². The van der Waals surface area contributed by atoms with Gasteiger partial charge >= 0.3 is 0 Å². The summed E-state index contributed by atoms with van der Waals surface area (Å²) in [6, 6.07) is 6.97. The van der Waals surface area contributed by atoms with E-state index in [4.69, 9.17) is 4.74 Å². The number of aromatic nitrogens is 1. The molecule has 3 aromatic rings. The van der Waals surface area contributed by atoms with Crippen LogP contribution in [0.15, 0.2) is 36.5 Å². The molecule has 0 saturated carbocycles. The predicted molar refractivity (Wildman–Crippen MR) is 145 cm³/mol. The Morgan fingerprint density at radius 2 is 1.90 bits per heavy atom. The second-order valence-corrected chi connectivity index (χ2v) is 10.4. The van der Waals surface area contributed by atoms with E-state index in [1.165, 1.54) is 0 Å². The Morgan fingerprint density at radius 1 is 1.15 bits per heavy atom. The third-order valence-corrected chi connectivity index (χ3v) is 7.63. The molecule has 2 N–H and O–H groups in total. The SMILES string of the molecule is COc1ccc2ncc(N(C)C)c([C@H](O)CCC3(CO)CCN(CC#Cc4cc(F)cc(F)c4F)CC3)c2c1. The fourth-order valence-corrected chi connectivity index (χ4v) is 5.17. The summed E-state index contributed by atoms with van der Waals surface area (Å²) >= 11 is 0. The van der Waals surface area contributed by atoms with Gasteiger partial charge in [0, 0.05) is 37.7 Å². The summed E-state index contributed by atoms with van der Waals surface area (Å²) in [6.07, 6.45) is 3.48. The maximum Gasteiger partial charge on any atom is 0.174 e. The van der Waals surface area contributed by atoms with Gasteiger partial charge < -0.3 is 19.8 Å². The topological polar surface area (TPSA) is 69.1 Å². The lowest BCUT2D eigenvalue weighted by molar-refractivity contribution is 0.0274. The summed E-state index contributed by atoms with van der Waals surface area (Å²) in [4.78, 5) is 8.54. The van der Waals surface area contributed by atoms with Crippen molar-refractivity contribution in [1.82, 2.24) is 9.88 Å². The molecule has 1 aliphatic rings. The first-order valence-electron chi connectivity index (χ1n) is 12.9. The Hall–Kier alpha value is -3.32. The van der Waals surface area contributed by atoms with E-state index >= 15 is 0 Å². The summed E-state index contributed by atoms with van der Waals surface area (Å²) in [5.41, 5.74) is 1.72. The Balaban J connectivity index is 1.43. The Kier molecular flexibility index (Phi) is 9.01. The average molecular weight is 542 g/mol. The molecule has 2 aromatic carbocycles. The summed E-state index contributed by atoms with van der Waals surface area (Å²) in [7, 11) is 5.42. The Bertz CT molecular complexity index is 1380. The van der Waals surface area contributed by atoms with Gasteiger partial charge in [0.1, 0.15) is 11.6 Å². The normalized spacial score (nSPS) is 16.0. The molecule has 6 nitrogen and oxygen atoms in total. The first-order chi connectivity index (χ1) is 18.7. The molecule has 39 heavy (non-hydrogen) atoms. The molecule has 1 atom stereocenters. The molecule has 0 unspecified atom stereocenters. The number of likely N-dealkylation sites (tertiary alicyclic amines) is 1. The molecule has 4 rings (SSSR count). The molecule has 0 amide bonds. The smallest absolute Gasteiger partial charge is 0.174 e. The van der Waals surface area contributed by atoms with Crippen LogP contribution in [0.2, 0.25) is 0 Å². The van der Waals surface area contributed by atoms with Gasteiger partial charge in [0.2, 0.25) is 0 Å². The molecule has 9 heteroatoms. The minimum Gasteiger partial charge on any atom is -0.497 e. The van der Waals surface area contributed by atoms with Crippen molar-refractivity contribution in [2.45, 2.75) is 31.8 Å². The molecule has 1 aliphatic heterocycles. The third kappa shape index (κ3) is 6.47. The van der Waals surface area contributed by atoms with Crippen molar-refractivity contribution in [1.29, 1.82) is 0 Å². The van der Waals surface area contributed by atoms with E-state index in [1.807, 2.05) is 37.2 Å². The number of aliphatic hydroxyl groups is 2. The van der Waals surface area contributed by atoms with E-state index in [-0.39, 0.29) is 17.6 Å². The summed E-state index contributed by atoms with van der Waals surface area (Å²) in [6.45, 7) is 1.63. The Morgan fingerprint density at radius 3 is 2.56 bits per heavy atom. The van der Waals surface area contributed by atoms with Crippen molar-refractivity contribution in [3.05, 3.63) is 65.1 Å². The summed E-state index contributed by atoms with van der Waals surface area (Å²) < 4.78 is 46.0. The number of nitrogens with zero attached hydrogens (tertiary/aromatic N) is 3. The number of halogens is 3. The second kappa shape index (κ2) is 12.2. The molecule has 1 saturated heterocycles. The van der Waals surface area contributed by atoms with Crippen LogP contribution in [0.1, 0.15) is 42.9 Å². The van der Waals surface area contributed by atoms with Crippen LogP contribution in [0.3, 0.4) is 0 Å². The zero-order chi connectivity index (χ0) is 28.2. The maximum atomic E-state index is 13.8. The monoisotopic (exact) mass is 541 g/mol. The number of piperidine rings is 1. The number of ether oxygens (including phenoxy) is 1. The quantitative estimate of drug-likeness (QED) is 0.319. The molecule has 0 radical (unpaired) electrons. The van der Waals surface area contributed by atoms with Crippen molar-refractivity contribution in [2.24, 2.45) is 5.41 Å². The highest BCUT2D eigenvalue weighted by molar-refractivity contribution is 5.88. The predicted octanol–water partition coefficient (Wildman–Crippen LogP) is 4.67.